The van der Waals surface area contributed by atoms with Gasteiger partial charge in [-0.15, -0.1) is 0 Å². The normalized spacial score (nSPS) is 20.2. The summed E-state index contributed by atoms with van der Waals surface area (Å²) < 4.78 is 0. The van der Waals surface area contributed by atoms with E-state index in [1.54, 1.807) is 6.20 Å². The Balaban J connectivity index is 1.94. The minimum absolute atomic E-state index is 0.0657. The first-order chi connectivity index (χ1) is 8.72. The number of aliphatic hydroxyl groups is 1. The molecule has 100 valence electrons. The van der Waals surface area contributed by atoms with Crippen molar-refractivity contribution < 1.29 is 9.90 Å². The van der Waals surface area contributed by atoms with Crippen LogP contribution in [0.25, 0.3) is 0 Å². The van der Waals surface area contributed by atoms with Gasteiger partial charge in [-0.05, 0) is 39.0 Å². The van der Waals surface area contributed by atoms with Crippen LogP contribution in [0, 0.1) is 0 Å². The number of nitrogens with one attached hydrogen (secondary N) is 2. The highest BCUT2D eigenvalue weighted by Gasteiger charge is 2.28. The Bertz CT molecular complexity index is 403. The third kappa shape index (κ3) is 2.90. The van der Waals surface area contributed by atoms with Crippen LogP contribution in [-0.4, -0.2) is 33.9 Å². The maximum atomic E-state index is 12.2. The predicted molar refractivity (Wildman–Crippen MR) is 68.2 cm³/mol. The zero-order valence-electron chi connectivity index (χ0n) is 10.8. The Kier molecular flexibility index (Phi) is 4.36. The largest absolute Gasteiger partial charge is 0.396 e. The average Bonchev–Trinajstić information content (AvgIpc) is 2.84. The first-order valence-corrected chi connectivity index (χ1v) is 6.65. The van der Waals surface area contributed by atoms with Gasteiger partial charge in [0, 0.05) is 23.9 Å². The lowest BCUT2D eigenvalue weighted by Gasteiger charge is -2.23. The lowest BCUT2D eigenvalue weighted by atomic mass is 9.86. The number of fused-ring (bicyclic) bond motifs is 1. The first-order valence-electron chi connectivity index (χ1n) is 6.65. The summed E-state index contributed by atoms with van der Waals surface area (Å²) in [5.74, 6) is 0.0202. The van der Waals surface area contributed by atoms with Crippen molar-refractivity contribution in [1.82, 2.24) is 15.5 Å². The van der Waals surface area contributed by atoms with Crippen molar-refractivity contribution in [2.45, 2.75) is 51.0 Å². The van der Waals surface area contributed by atoms with E-state index >= 15 is 0 Å². The average molecular weight is 251 g/mol. The minimum Gasteiger partial charge on any atom is -0.396 e. The Morgan fingerprint density at radius 2 is 2.56 bits per heavy atom. The summed E-state index contributed by atoms with van der Waals surface area (Å²) in [7, 11) is 0. The number of aromatic amines is 1. The Morgan fingerprint density at radius 3 is 3.33 bits per heavy atom. The van der Waals surface area contributed by atoms with E-state index in [4.69, 9.17) is 5.11 Å². The topological polar surface area (TPSA) is 78.0 Å². The molecule has 0 aromatic carbocycles. The Morgan fingerprint density at radius 1 is 1.72 bits per heavy atom. The van der Waals surface area contributed by atoms with Crippen molar-refractivity contribution in [2.75, 3.05) is 6.61 Å². The summed E-state index contributed by atoms with van der Waals surface area (Å²) in [6.45, 7) is 2.15. The highest BCUT2D eigenvalue weighted by molar-refractivity contribution is 5.84. The first kappa shape index (κ1) is 13.1. The Hall–Kier alpha value is -1.36. The second-order valence-electron chi connectivity index (χ2n) is 5.02. The molecule has 0 fully saturated rings. The number of hydrogen-bond acceptors (Lipinski definition) is 3. The number of carbonyl (C=O) groups is 1. The fourth-order valence-electron chi connectivity index (χ4n) is 2.55. The molecule has 2 atom stereocenters. The molecule has 0 aliphatic heterocycles. The highest BCUT2D eigenvalue weighted by Crippen LogP contribution is 2.30. The summed E-state index contributed by atoms with van der Waals surface area (Å²) in [5, 5.41) is 18.8. The maximum absolute atomic E-state index is 12.2. The molecule has 1 heterocycles. The second kappa shape index (κ2) is 6.00. The molecule has 5 heteroatoms. The zero-order valence-corrected chi connectivity index (χ0v) is 10.8. The molecular weight excluding hydrogens is 230 g/mol. The number of rotatable bonds is 5. The molecule has 0 bridgehead atoms. The van der Waals surface area contributed by atoms with Crippen molar-refractivity contribution in [1.29, 1.82) is 0 Å². The molecule has 3 N–H and O–H groups in total. The van der Waals surface area contributed by atoms with Gasteiger partial charge in [0.25, 0.3) is 0 Å². The van der Waals surface area contributed by atoms with Crippen LogP contribution < -0.4 is 5.32 Å². The van der Waals surface area contributed by atoms with Gasteiger partial charge in [0.2, 0.25) is 5.91 Å². The number of aliphatic hydroxyl groups excluding tert-OH is 1. The fourth-order valence-corrected chi connectivity index (χ4v) is 2.55. The predicted octanol–water partition coefficient (Wildman–Crippen LogP) is 1.11. The van der Waals surface area contributed by atoms with E-state index in [1.165, 1.54) is 0 Å². The highest BCUT2D eigenvalue weighted by atomic mass is 16.3. The smallest absolute Gasteiger partial charge is 0.227 e. The molecule has 1 aliphatic rings. The lowest BCUT2D eigenvalue weighted by Crippen LogP contribution is -2.37. The van der Waals surface area contributed by atoms with Crippen LogP contribution in [0.3, 0.4) is 0 Å². The van der Waals surface area contributed by atoms with Gasteiger partial charge in [0.1, 0.15) is 0 Å². The van der Waals surface area contributed by atoms with Crippen LogP contribution in [0.5, 0.6) is 0 Å². The molecule has 5 nitrogen and oxygen atoms in total. The number of H-pyrrole nitrogens is 1. The van der Waals surface area contributed by atoms with Gasteiger partial charge in [-0.3, -0.25) is 9.89 Å². The molecule has 2 rings (SSSR count). The standard InChI is InChI=1S/C13H21N3O2/c1-9(4-3-7-17)15-13(18)10-5-2-6-12-11(10)8-14-16-12/h8-10,17H,2-7H2,1H3,(H,14,16)(H,15,18). The number of nitrogens with zero attached hydrogens (tertiary/aromatic N) is 1. The van der Waals surface area contributed by atoms with Crippen LogP contribution in [0.2, 0.25) is 0 Å². The van der Waals surface area contributed by atoms with Gasteiger partial charge >= 0.3 is 0 Å². The molecule has 1 aliphatic carbocycles. The van der Waals surface area contributed by atoms with Crippen molar-refractivity contribution >= 4 is 5.91 Å². The number of carbonyl (C=O) groups excluding carboxylic acids is 1. The van der Waals surface area contributed by atoms with E-state index in [2.05, 4.69) is 15.5 Å². The minimum atomic E-state index is -0.0657. The van der Waals surface area contributed by atoms with E-state index in [0.29, 0.717) is 0 Å². The quantitative estimate of drug-likeness (QED) is 0.733. The summed E-state index contributed by atoms with van der Waals surface area (Å²) in [5.41, 5.74) is 2.15. The van der Waals surface area contributed by atoms with Gasteiger partial charge in [-0.2, -0.15) is 5.10 Å². The van der Waals surface area contributed by atoms with Crippen molar-refractivity contribution in [2.24, 2.45) is 0 Å². The summed E-state index contributed by atoms with van der Waals surface area (Å²) in [4.78, 5) is 12.2. The molecule has 1 amide bonds. The molecule has 18 heavy (non-hydrogen) atoms. The fraction of sp³-hybridized carbons (Fsp3) is 0.692. The number of amides is 1. The van der Waals surface area contributed by atoms with Crippen LogP contribution in [-0.2, 0) is 11.2 Å². The van der Waals surface area contributed by atoms with E-state index in [1.807, 2.05) is 6.92 Å². The third-order valence-electron chi connectivity index (χ3n) is 3.55. The molecule has 0 spiro atoms. The van der Waals surface area contributed by atoms with E-state index < -0.39 is 0 Å². The molecular formula is C13H21N3O2. The van der Waals surface area contributed by atoms with Crippen LogP contribution >= 0.6 is 0 Å². The molecule has 1 aromatic heterocycles. The molecule has 0 radical (unpaired) electrons. The number of hydrogen-bond donors (Lipinski definition) is 3. The summed E-state index contributed by atoms with van der Waals surface area (Å²) in [6.07, 6.45) is 6.22. The molecule has 2 unspecified atom stereocenters. The van der Waals surface area contributed by atoms with Gasteiger partial charge in [0.05, 0.1) is 12.1 Å². The van der Waals surface area contributed by atoms with Gasteiger partial charge in [0.15, 0.2) is 0 Å². The van der Waals surface area contributed by atoms with Crippen LogP contribution in [0.4, 0.5) is 0 Å². The summed E-state index contributed by atoms with van der Waals surface area (Å²) in [6, 6.07) is 0.113. The second-order valence-corrected chi connectivity index (χ2v) is 5.02. The van der Waals surface area contributed by atoms with Gasteiger partial charge in [-0.1, -0.05) is 0 Å². The lowest BCUT2D eigenvalue weighted by molar-refractivity contribution is -0.123. The molecule has 1 aromatic rings. The SMILES string of the molecule is CC(CCCO)NC(=O)C1CCCc2[nH]ncc21. The van der Waals surface area contributed by atoms with Crippen LogP contribution in [0.1, 0.15) is 49.8 Å². The summed E-state index contributed by atoms with van der Waals surface area (Å²) >= 11 is 0. The van der Waals surface area contributed by atoms with Crippen molar-refractivity contribution in [3.63, 3.8) is 0 Å². The third-order valence-corrected chi connectivity index (χ3v) is 3.55. The van der Waals surface area contributed by atoms with Crippen molar-refractivity contribution in [3.05, 3.63) is 17.5 Å². The van der Waals surface area contributed by atoms with Gasteiger partial charge < -0.3 is 10.4 Å². The number of aromatic nitrogens is 2. The molecule has 0 saturated carbocycles. The van der Waals surface area contributed by atoms with E-state index in [9.17, 15) is 4.79 Å². The van der Waals surface area contributed by atoms with Gasteiger partial charge in [-0.25, -0.2) is 0 Å². The van der Waals surface area contributed by atoms with E-state index in [0.717, 1.165) is 43.4 Å². The van der Waals surface area contributed by atoms with Crippen molar-refractivity contribution in [3.8, 4) is 0 Å². The van der Waals surface area contributed by atoms with E-state index in [-0.39, 0.29) is 24.5 Å². The zero-order chi connectivity index (χ0) is 13.0. The maximum Gasteiger partial charge on any atom is 0.227 e. The Labute approximate surface area is 107 Å². The van der Waals surface area contributed by atoms with Crippen LogP contribution in [0.15, 0.2) is 6.20 Å². The number of aryl methyl sites for hydroxylation is 1. The monoisotopic (exact) mass is 251 g/mol. The molecule has 0 saturated heterocycles.